The maximum absolute atomic E-state index is 13.4. The molecule has 1 aliphatic heterocycles. The van der Waals surface area contributed by atoms with Crippen LogP contribution in [0.1, 0.15) is 27.3 Å². The SMILES string of the molecule is NC(=O)c1nn(-c2c(Cl)cccc2Cl)nc1Nc1ccc(C(=O)N2CC[C@@H](F)C2)cc1. The van der Waals surface area contributed by atoms with Gasteiger partial charge in [-0.15, -0.1) is 15.0 Å². The third-order valence-electron chi connectivity index (χ3n) is 4.80. The molecule has 2 heterocycles. The molecule has 0 aliphatic carbocycles. The van der Waals surface area contributed by atoms with Crippen LogP contribution >= 0.6 is 23.2 Å². The molecule has 1 fully saturated rings. The molecule has 0 saturated carbocycles. The van der Waals surface area contributed by atoms with Crippen molar-refractivity contribution in [3.05, 3.63) is 63.8 Å². The number of carbonyl (C=O) groups excluding carboxylic acids is 2. The second-order valence-corrected chi connectivity index (χ2v) is 7.78. The van der Waals surface area contributed by atoms with Crippen molar-refractivity contribution in [2.45, 2.75) is 12.6 Å². The van der Waals surface area contributed by atoms with Gasteiger partial charge in [0.05, 0.1) is 16.6 Å². The molecule has 0 bridgehead atoms. The molecule has 2 amide bonds. The van der Waals surface area contributed by atoms with E-state index in [4.69, 9.17) is 28.9 Å². The lowest BCUT2D eigenvalue weighted by Gasteiger charge is -2.15. The average Bonchev–Trinajstić information content (AvgIpc) is 3.34. The molecule has 0 radical (unpaired) electrons. The summed E-state index contributed by atoms with van der Waals surface area (Å²) in [6.45, 7) is 0.504. The molecule has 1 aliphatic rings. The van der Waals surface area contributed by atoms with Crippen molar-refractivity contribution in [3.63, 3.8) is 0 Å². The average molecular weight is 463 g/mol. The third-order valence-corrected chi connectivity index (χ3v) is 5.41. The fourth-order valence-electron chi connectivity index (χ4n) is 3.25. The summed E-state index contributed by atoms with van der Waals surface area (Å²) in [4.78, 5) is 26.9. The maximum atomic E-state index is 13.4. The van der Waals surface area contributed by atoms with E-state index in [1.807, 2.05) is 0 Å². The predicted octanol–water partition coefficient (Wildman–Crippen LogP) is 3.60. The number of amides is 2. The van der Waals surface area contributed by atoms with Crippen LogP contribution in [0, 0.1) is 0 Å². The van der Waals surface area contributed by atoms with Crippen molar-refractivity contribution < 1.29 is 14.0 Å². The van der Waals surface area contributed by atoms with Crippen LogP contribution in [0.2, 0.25) is 10.0 Å². The number of benzene rings is 2. The van der Waals surface area contributed by atoms with E-state index in [1.165, 1.54) is 4.90 Å². The number of halogens is 3. The molecule has 1 saturated heterocycles. The summed E-state index contributed by atoms with van der Waals surface area (Å²) in [6, 6.07) is 11.4. The smallest absolute Gasteiger partial charge is 0.273 e. The summed E-state index contributed by atoms with van der Waals surface area (Å²) >= 11 is 12.4. The quantitative estimate of drug-likeness (QED) is 0.602. The molecule has 0 unspecified atom stereocenters. The highest BCUT2D eigenvalue weighted by molar-refractivity contribution is 6.37. The van der Waals surface area contributed by atoms with Crippen LogP contribution in [-0.4, -0.2) is 51.0 Å². The van der Waals surface area contributed by atoms with Gasteiger partial charge in [0.2, 0.25) is 0 Å². The predicted molar refractivity (Wildman–Crippen MR) is 115 cm³/mol. The molecular formula is C20H17Cl2FN6O2. The van der Waals surface area contributed by atoms with E-state index in [1.54, 1.807) is 42.5 Å². The normalized spacial score (nSPS) is 15.8. The first kappa shape index (κ1) is 21.1. The fourth-order valence-corrected chi connectivity index (χ4v) is 3.80. The van der Waals surface area contributed by atoms with Crippen molar-refractivity contribution in [3.8, 4) is 5.69 Å². The number of nitrogens with zero attached hydrogens (tertiary/aromatic N) is 4. The van der Waals surface area contributed by atoms with Crippen LogP contribution in [-0.2, 0) is 0 Å². The Labute approximate surface area is 186 Å². The highest BCUT2D eigenvalue weighted by Crippen LogP contribution is 2.29. The zero-order valence-electron chi connectivity index (χ0n) is 16.1. The van der Waals surface area contributed by atoms with Crippen molar-refractivity contribution in [2.24, 2.45) is 5.73 Å². The molecule has 3 aromatic rings. The highest BCUT2D eigenvalue weighted by Gasteiger charge is 2.26. The lowest BCUT2D eigenvalue weighted by atomic mass is 10.2. The number of nitrogens with one attached hydrogen (secondary N) is 1. The monoisotopic (exact) mass is 462 g/mol. The van der Waals surface area contributed by atoms with E-state index < -0.39 is 12.1 Å². The Kier molecular flexibility index (Phi) is 5.79. The number of carbonyl (C=O) groups is 2. The molecule has 1 aromatic heterocycles. The summed E-state index contributed by atoms with van der Waals surface area (Å²) in [5, 5.41) is 11.9. The first-order valence-corrected chi connectivity index (χ1v) is 10.1. The van der Waals surface area contributed by atoms with Crippen molar-refractivity contribution in [1.82, 2.24) is 19.9 Å². The Morgan fingerprint density at radius 2 is 1.77 bits per heavy atom. The Morgan fingerprint density at radius 1 is 1.10 bits per heavy atom. The number of rotatable bonds is 5. The van der Waals surface area contributed by atoms with E-state index in [-0.39, 0.29) is 24.0 Å². The van der Waals surface area contributed by atoms with E-state index in [0.717, 1.165) is 4.80 Å². The molecule has 8 nitrogen and oxygen atoms in total. The number of hydrogen-bond donors (Lipinski definition) is 2. The Balaban J connectivity index is 1.58. The summed E-state index contributed by atoms with van der Waals surface area (Å²) in [5.74, 6) is -0.926. The lowest BCUT2D eigenvalue weighted by molar-refractivity contribution is 0.0782. The van der Waals surface area contributed by atoms with Gasteiger partial charge >= 0.3 is 0 Å². The van der Waals surface area contributed by atoms with Crippen molar-refractivity contribution >= 4 is 46.5 Å². The van der Waals surface area contributed by atoms with E-state index >= 15 is 0 Å². The van der Waals surface area contributed by atoms with Crippen LogP contribution in [0.15, 0.2) is 42.5 Å². The standard InChI is InChI=1S/C20H17Cl2FN6O2/c21-14-2-1-3-15(22)17(14)29-26-16(18(24)30)19(27-29)25-13-6-4-11(5-7-13)20(31)28-9-8-12(23)10-28/h1-7,12H,8-10H2,(H2,24,30)(H,25,27)/t12-/m1/s1. The minimum atomic E-state index is -0.980. The molecular weight excluding hydrogens is 446 g/mol. The lowest BCUT2D eigenvalue weighted by Crippen LogP contribution is -2.28. The zero-order chi connectivity index (χ0) is 22.1. The second kappa shape index (κ2) is 8.52. The number of primary amides is 1. The van der Waals surface area contributed by atoms with Crippen LogP contribution < -0.4 is 11.1 Å². The molecule has 160 valence electrons. The zero-order valence-corrected chi connectivity index (χ0v) is 17.6. The number of alkyl halides is 1. The summed E-state index contributed by atoms with van der Waals surface area (Å²) < 4.78 is 13.4. The first-order valence-electron chi connectivity index (χ1n) is 9.35. The molecule has 31 heavy (non-hydrogen) atoms. The van der Waals surface area contributed by atoms with Gasteiger partial charge in [-0.3, -0.25) is 9.59 Å². The van der Waals surface area contributed by atoms with Crippen LogP contribution in [0.3, 0.4) is 0 Å². The minimum Gasteiger partial charge on any atom is -0.364 e. The Hall–Kier alpha value is -3.17. The Bertz CT molecular complexity index is 1130. The van der Waals surface area contributed by atoms with Crippen LogP contribution in [0.25, 0.3) is 5.69 Å². The maximum Gasteiger partial charge on any atom is 0.273 e. The van der Waals surface area contributed by atoms with Crippen molar-refractivity contribution in [1.29, 1.82) is 0 Å². The van der Waals surface area contributed by atoms with Gasteiger partial charge in [0, 0.05) is 17.8 Å². The summed E-state index contributed by atoms with van der Waals surface area (Å²) in [7, 11) is 0. The molecule has 2 aromatic carbocycles. The van der Waals surface area contributed by atoms with Gasteiger partial charge in [-0.05, 0) is 42.8 Å². The molecule has 4 rings (SSSR count). The van der Waals surface area contributed by atoms with Gasteiger partial charge in [0.1, 0.15) is 11.9 Å². The number of likely N-dealkylation sites (tertiary alicyclic amines) is 1. The number of nitrogens with two attached hydrogens (primary N) is 1. The number of anilines is 2. The summed E-state index contributed by atoms with van der Waals surface area (Å²) in [6.07, 6.45) is -0.627. The third kappa shape index (κ3) is 4.33. The number of hydrogen-bond acceptors (Lipinski definition) is 5. The molecule has 11 heteroatoms. The van der Waals surface area contributed by atoms with E-state index in [2.05, 4.69) is 15.5 Å². The minimum absolute atomic E-state index is 0.0994. The van der Waals surface area contributed by atoms with Gasteiger partial charge in [-0.2, -0.15) is 0 Å². The van der Waals surface area contributed by atoms with Gasteiger partial charge in [-0.25, -0.2) is 4.39 Å². The number of para-hydroxylation sites is 1. The van der Waals surface area contributed by atoms with Gasteiger partial charge in [0.15, 0.2) is 11.5 Å². The topological polar surface area (TPSA) is 106 Å². The van der Waals surface area contributed by atoms with Gasteiger partial charge < -0.3 is 16.0 Å². The fraction of sp³-hybridized carbons (Fsp3) is 0.200. The van der Waals surface area contributed by atoms with Gasteiger partial charge in [-0.1, -0.05) is 29.3 Å². The number of aromatic nitrogens is 3. The second-order valence-electron chi connectivity index (χ2n) is 6.96. The van der Waals surface area contributed by atoms with Crippen LogP contribution in [0.4, 0.5) is 15.9 Å². The van der Waals surface area contributed by atoms with Crippen molar-refractivity contribution in [2.75, 3.05) is 18.4 Å². The molecule has 0 spiro atoms. The summed E-state index contributed by atoms with van der Waals surface area (Å²) in [5.41, 5.74) is 6.61. The Morgan fingerprint density at radius 3 is 2.35 bits per heavy atom. The highest BCUT2D eigenvalue weighted by atomic mass is 35.5. The van der Waals surface area contributed by atoms with Crippen LogP contribution in [0.5, 0.6) is 0 Å². The van der Waals surface area contributed by atoms with Gasteiger partial charge in [0.25, 0.3) is 11.8 Å². The molecule has 1 atom stereocenters. The molecule has 3 N–H and O–H groups in total. The largest absolute Gasteiger partial charge is 0.364 e. The first-order chi connectivity index (χ1) is 14.8. The van der Waals surface area contributed by atoms with E-state index in [0.29, 0.717) is 39.9 Å². The van der Waals surface area contributed by atoms with E-state index in [9.17, 15) is 14.0 Å².